The number of fused-ring (bicyclic) bond motifs is 1. The lowest BCUT2D eigenvalue weighted by Gasteiger charge is -2.31. The highest BCUT2D eigenvalue weighted by Crippen LogP contribution is 2.57. The molecule has 0 radical (unpaired) electrons. The molecule has 1 saturated heterocycles. The van der Waals surface area contributed by atoms with Crippen molar-refractivity contribution < 1.29 is 34.0 Å². The quantitative estimate of drug-likeness (QED) is 0.352. The first-order valence-corrected chi connectivity index (χ1v) is 11.3. The molecule has 3 unspecified atom stereocenters. The van der Waals surface area contributed by atoms with Crippen molar-refractivity contribution in [2.75, 3.05) is 0 Å². The molecule has 1 fully saturated rings. The maximum Gasteiger partial charge on any atom is 0.359 e. The van der Waals surface area contributed by atoms with Crippen molar-refractivity contribution in [1.82, 2.24) is 19.5 Å². The second kappa shape index (κ2) is 8.46. The summed E-state index contributed by atoms with van der Waals surface area (Å²) >= 11 is 0. The molecule has 0 bridgehead atoms. The summed E-state index contributed by atoms with van der Waals surface area (Å²) in [4.78, 5) is 32.4. The summed E-state index contributed by atoms with van der Waals surface area (Å²) in [6.45, 7) is 4.51. The highest BCUT2D eigenvalue weighted by molar-refractivity contribution is 7.54. The van der Waals surface area contributed by atoms with Crippen molar-refractivity contribution in [3.8, 4) is 0 Å². The molecule has 0 aliphatic carbocycles. The van der Waals surface area contributed by atoms with Crippen LogP contribution in [-0.2, 0) is 13.8 Å². The molecule has 13 heteroatoms. The number of imidazole rings is 1. The van der Waals surface area contributed by atoms with Crippen LogP contribution in [0.3, 0.4) is 0 Å². The number of aromatic amines is 1. The van der Waals surface area contributed by atoms with Gasteiger partial charge in [0.15, 0.2) is 22.7 Å². The molecule has 1 aliphatic rings. The van der Waals surface area contributed by atoms with Gasteiger partial charge >= 0.3 is 7.60 Å². The second-order valence-corrected chi connectivity index (χ2v) is 9.78. The number of ether oxygens (including phenoxy) is 1. The molecule has 12 nitrogen and oxygen atoms in total. The molecule has 30 heavy (non-hydrogen) atoms. The minimum absolute atomic E-state index is 0.00376. The van der Waals surface area contributed by atoms with E-state index in [4.69, 9.17) is 9.26 Å². The normalized spacial score (nSPS) is 29.6. The van der Waals surface area contributed by atoms with E-state index in [9.17, 15) is 29.6 Å². The summed E-state index contributed by atoms with van der Waals surface area (Å²) < 4.78 is 24.9. The van der Waals surface area contributed by atoms with Crippen LogP contribution < -0.4 is 5.56 Å². The number of nitrogens with one attached hydrogen (secondary N) is 1. The number of H-pyrrole nitrogens is 1. The van der Waals surface area contributed by atoms with E-state index in [0.717, 1.165) is 0 Å². The molecule has 3 rings (SSSR count). The Balaban J connectivity index is 1.78. The molecule has 0 spiro atoms. The maximum absolute atomic E-state index is 12.5. The van der Waals surface area contributed by atoms with E-state index in [1.54, 1.807) is 13.8 Å². The lowest BCUT2D eigenvalue weighted by Crippen LogP contribution is -2.34. The Labute approximate surface area is 172 Å². The fourth-order valence-electron chi connectivity index (χ4n) is 3.26. The van der Waals surface area contributed by atoms with E-state index >= 15 is 0 Å². The van der Waals surface area contributed by atoms with Crippen molar-refractivity contribution >= 4 is 18.8 Å². The first-order valence-electron chi connectivity index (χ1n) is 9.67. The zero-order valence-corrected chi connectivity index (χ0v) is 17.8. The van der Waals surface area contributed by atoms with Crippen molar-refractivity contribution in [3.05, 3.63) is 23.0 Å². The van der Waals surface area contributed by atoms with Gasteiger partial charge in [0.2, 0.25) is 0 Å². The summed E-state index contributed by atoms with van der Waals surface area (Å²) in [5.74, 6) is 0. The molecule has 1 aliphatic heterocycles. The Kier molecular flexibility index (Phi) is 6.49. The fourth-order valence-corrected chi connectivity index (χ4v) is 4.53. The van der Waals surface area contributed by atoms with E-state index in [-0.39, 0.29) is 24.0 Å². The molecule has 0 saturated carbocycles. The molecule has 0 aromatic carbocycles. The SMILES string of the molecule is CCC(C[C@H]1O[C@@H](n2cnc3c(=O)[nH]cnc32)[C@H](O)[C@@H]1O)OP(=O)(O)C(C)(O)CC. The zero-order valence-electron chi connectivity index (χ0n) is 16.9. The van der Waals surface area contributed by atoms with Crippen molar-refractivity contribution in [1.29, 1.82) is 0 Å². The standard InChI is InChI=1S/C17H27N4O8P/c1-4-9(29-30(26,27)17(3,25)5-2)6-10-12(22)13(23)16(28-10)21-8-20-11-14(21)18-7-19-15(11)24/h7-10,12-13,16,22-23,25H,4-6H2,1-3H3,(H,26,27)(H,18,19,24)/t9?,10-,12-,13-,16-,17?/m1/s1. The monoisotopic (exact) mass is 446 g/mol. The van der Waals surface area contributed by atoms with Gasteiger partial charge < -0.3 is 34.5 Å². The van der Waals surface area contributed by atoms with Crippen LogP contribution in [-0.4, -0.2) is 69.5 Å². The molecule has 2 aromatic heterocycles. The van der Waals surface area contributed by atoms with Gasteiger partial charge in [0, 0.05) is 6.42 Å². The molecule has 168 valence electrons. The van der Waals surface area contributed by atoms with Gasteiger partial charge in [0.25, 0.3) is 5.56 Å². The minimum Gasteiger partial charge on any atom is -0.388 e. The summed E-state index contributed by atoms with van der Waals surface area (Å²) in [6, 6.07) is 0. The first kappa shape index (κ1) is 23.0. The van der Waals surface area contributed by atoms with Crippen LogP contribution in [0, 0.1) is 0 Å². The van der Waals surface area contributed by atoms with Gasteiger partial charge in [-0.05, 0) is 19.8 Å². The topological polar surface area (TPSA) is 180 Å². The summed E-state index contributed by atoms with van der Waals surface area (Å²) in [7, 11) is -4.37. The number of aliphatic hydroxyl groups excluding tert-OH is 2. The number of nitrogens with zero attached hydrogens (tertiary/aromatic N) is 3. The molecule has 2 aromatic rings. The van der Waals surface area contributed by atoms with Gasteiger partial charge in [-0.2, -0.15) is 0 Å². The van der Waals surface area contributed by atoms with Crippen molar-refractivity contribution in [3.63, 3.8) is 0 Å². The molecule has 5 N–H and O–H groups in total. The summed E-state index contributed by atoms with van der Waals surface area (Å²) in [6.07, 6.45) is -2.70. The Morgan fingerprint density at radius 3 is 2.70 bits per heavy atom. The Morgan fingerprint density at radius 1 is 1.37 bits per heavy atom. The van der Waals surface area contributed by atoms with Gasteiger partial charge in [-0.15, -0.1) is 0 Å². The third-order valence-electron chi connectivity index (χ3n) is 5.50. The van der Waals surface area contributed by atoms with Crippen LogP contribution >= 0.6 is 7.60 Å². The summed E-state index contributed by atoms with van der Waals surface area (Å²) in [5, 5.41) is 29.2. The number of hydrogen-bond donors (Lipinski definition) is 5. The van der Waals surface area contributed by atoms with E-state index in [1.807, 2.05) is 0 Å². The van der Waals surface area contributed by atoms with Crippen LogP contribution in [0.5, 0.6) is 0 Å². The maximum atomic E-state index is 12.5. The molecule has 0 amide bonds. The van der Waals surface area contributed by atoms with E-state index in [2.05, 4.69) is 15.0 Å². The van der Waals surface area contributed by atoms with Crippen LogP contribution in [0.1, 0.15) is 46.3 Å². The Hall–Kier alpha value is -1.66. The second-order valence-electron chi connectivity index (χ2n) is 7.56. The highest BCUT2D eigenvalue weighted by atomic mass is 31.2. The van der Waals surface area contributed by atoms with E-state index in [0.29, 0.717) is 6.42 Å². The van der Waals surface area contributed by atoms with Crippen molar-refractivity contribution in [2.24, 2.45) is 0 Å². The van der Waals surface area contributed by atoms with Crippen molar-refractivity contribution in [2.45, 2.75) is 76.0 Å². The van der Waals surface area contributed by atoms with Gasteiger partial charge in [-0.3, -0.25) is 13.9 Å². The average molecular weight is 446 g/mol. The predicted molar refractivity (Wildman–Crippen MR) is 105 cm³/mol. The zero-order chi connectivity index (χ0) is 22.3. The molecular formula is C17H27N4O8P. The largest absolute Gasteiger partial charge is 0.388 e. The third-order valence-corrected chi connectivity index (χ3v) is 7.62. The lowest BCUT2D eigenvalue weighted by molar-refractivity contribution is -0.0490. The fraction of sp³-hybridized carbons (Fsp3) is 0.706. The average Bonchev–Trinajstić information content (AvgIpc) is 3.24. The smallest absolute Gasteiger partial charge is 0.359 e. The van der Waals surface area contributed by atoms with Gasteiger partial charge in [0.1, 0.15) is 12.2 Å². The van der Waals surface area contributed by atoms with Gasteiger partial charge in [-0.25, -0.2) is 9.97 Å². The van der Waals surface area contributed by atoms with Gasteiger partial charge in [-0.1, -0.05) is 13.8 Å². The minimum atomic E-state index is -4.37. The number of hydrogen-bond acceptors (Lipinski definition) is 9. The van der Waals surface area contributed by atoms with Crippen LogP contribution in [0.2, 0.25) is 0 Å². The van der Waals surface area contributed by atoms with Crippen LogP contribution in [0.25, 0.3) is 11.2 Å². The van der Waals surface area contributed by atoms with E-state index in [1.165, 1.54) is 24.1 Å². The lowest BCUT2D eigenvalue weighted by atomic mass is 10.0. The summed E-state index contributed by atoms with van der Waals surface area (Å²) in [5.41, 5.74) is -0.216. The van der Waals surface area contributed by atoms with E-state index < -0.39 is 49.1 Å². The number of aliphatic hydroxyl groups is 3. The van der Waals surface area contributed by atoms with Gasteiger partial charge in [0.05, 0.1) is 24.9 Å². The Bertz CT molecular complexity index is 992. The third kappa shape index (κ3) is 4.09. The number of aromatic nitrogens is 4. The highest BCUT2D eigenvalue weighted by Gasteiger charge is 2.47. The first-order chi connectivity index (χ1) is 14.0. The molecular weight excluding hydrogens is 419 g/mol. The number of rotatable bonds is 8. The Morgan fingerprint density at radius 2 is 2.07 bits per heavy atom. The van der Waals surface area contributed by atoms with Crippen LogP contribution in [0.15, 0.2) is 17.4 Å². The molecule has 3 heterocycles. The van der Waals surface area contributed by atoms with Crippen LogP contribution in [0.4, 0.5) is 0 Å². The molecule has 7 atom stereocenters. The predicted octanol–water partition coefficient (Wildman–Crippen LogP) is 0.228.